The summed E-state index contributed by atoms with van der Waals surface area (Å²) in [7, 11) is 0. The Kier molecular flexibility index (Phi) is 7.96. The average molecular weight is 576 g/mol. The number of alkyl halides is 3. The average Bonchev–Trinajstić information content (AvgIpc) is 3.40. The molecule has 0 saturated heterocycles. The van der Waals surface area contributed by atoms with Gasteiger partial charge in [-0.1, -0.05) is 6.92 Å². The van der Waals surface area contributed by atoms with E-state index in [-0.39, 0.29) is 35.7 Å². The molecule has 0 bridgehead atoms. The number of carbonyl (C=O) groups is 2. The van der Waals surface area contributed by atoms with E-state index in [0.717, 1.165) is 48.5 Å². The fraction of sp³-hybridized carbons (Fsp3) is 0.464. The Hall–Kier alpha value is -4.03. The minimum atomic E-state index is -4.91. The number of carbonyl (C=O) groups excluding carboxylic acids is 1. The number of carboxylic acids is 1. The van der Waals surface area contributed by atoms with Crippen LogP contribution >= 0.6 is 0 Å². The van der Waals surface area contributed by atoms with Gasteiger partial charge in [-0.2, -0.15) is 28.2 Å². The summed E-state index contributed by atoms with van der Waals surface area (Å²) in [6.45, 7) is 2.02. The maximum Gasteiger partial charge on any atom is 0.421 e. The van der Waals surface area contributed by atoms with Crippen LogP contribution in [0.2, 0.25) is 0 Å². The lowest BCUT2D eigenvalue weighted by Crippen LogP contribution is -2.48. The Bertz CT molecular complexity index is 1420. The lowest BCUT2D eigenvalue weighted by atomic mass is 9.81. The summed E-state index contributed by atoms with van der Waals surface area (Å²) in [5.74, 6) is -4.34. The number of rotatable bonds is 8. The highest BCUT2D eigenvalue weighted by atomic mass is 19.4. The topological polar surface area (TPSA) is 110 Å². The van der Waals surface area contributed by atoms with Gasteiger partial charge >= 0.3 is 12.1 Å². The van der Waals surface area contributed by atoms with Crippen molar-refractivity contribution >= 4 is 17.6 Å². The predicted molar refractivity (Wildman–Crippen MR) is 138 cm³/mol. The first-order valence-corrected chi connectivity index (χ1v) is 13.5. The quantitative estimate of drug-likeness (QED) is 0.324. The molecule has 2 fully saturated rings. The number of hydrogen-bond acceptors (Lipinski definition) is 6. The third-order valence-corrected chi connectivity index (χ3v) is 7.79. The van der Waals surface area contributed by atoms with Crippen molar-refractivity contribution in [3.63, 3.8) is 0 Å². The molecule has 1 aromatic carbocycles. The van der Waals surface area contributed by atoms with Crippen molar-refractivity contribution in [2.75, 3.05) is 4.90 Å². The molecule has 3 aromatic rings. The first kappa shape index (κ1) is 28.5. The molecule has 13 heteroatoms. The minimum Gasteiger partial charge on any atom is -0.478 e. The molecular weight excluding hydrogens is 546 g/mol. The number of aromatic carboxylic acids is 1. The normalized spacial score (nSPS) is 19.4. The van der Waals surface area contributed by atoms with E-state index in [0.29, 0.717) is 31.6 Å². The van der Waals surface area contributed by atoms with Gasteiger partial charge in [0.2, 0.25) is 11.8 Å². The van der Waals surface area contributed by atoms with E-state index >= 15 is 4.39 Å². The zero-order valence-electron chi connectivity index (χ0n) is 22.3. The maximum absolute atomic E-state index is 15.5. The molecule has 218 valence electrons. The first-order chi connectivity index (χ1) is 19.5. The molecule has 0 unspecified atom stereocenters. The highest BCUT2D eigenvalue weighted by Gasteiger charge is 2.39. The number of carboxylic acid groups (broad SMARTS) is 1. The second-order valence-corrected chi connectivity index (χ2v) is 10.7. The van der Waals surface area contributed by atoms with E-state index in [1.807, 2.05) is 0 Å². The molecule has 0 aliphatic heterocycles. The van der Waals surface area contributed by atoms with Gasteiger partial charge in [-0.25, -0.2) is 14.2 Å². The molecule has 0 spiro atoms. The molecule has 1 N–H and O–H groups in total. The SMILES string of the molecule is CC1CCC(C(=O)N(c2cc(F)c(Oc3ncc(Cn4nccn4)cc3C(F)(F)F)cc2C(=O)O)C2CCC2)CC1. The number of halogens is 4. The van der Waals surface area contributed by atoms with Gasteiger partial charge in [-0.05, 0) is 62.5 Å². The number of hydrogen-bond donors (Lipinski definition) is 1. The standard InChI is InChI=1S/C28H29F4N5O4/c1-16-5-7-18(8-6-16)26(38)37(19-3-2-4-19)23-13-22(29)24(12-20(23)27(39)40)41-25-21(28(30,31)32)11-17(14-33-25)15-36-34-9-10-35-36/h9-14,16,18-19H,2-8,15H2,1H3,(H,39,40). The molecule has 2 saturated carbocycles. The largest absolute Gasteiger partial charge is 0.478 e. The van der Waals surface area contributed by atoms with Crippen LogP contribution in [0, 0.1) is 17.7 Å². The molecule has 2 aliphatic rings. The summed E-state index contributed by atoms with van der Waals surface area (Å²) in [6, 6.07) is 2.20. The zero-order valence-corrected chi connectivity index (χ0v) is 22.3. The molecule has 9 nitrogen and oxygen atoms in total. The number of anilines is 1. The van der Waals surface area contributed by atoms with Crippen LogP contribution in [-0.2, 0) is 17.5 Å². The third kappa shape index (κ3) is 6.18. The summed E-state index contributed by atoms with van der Waals surface area (Å²) >= 11 is 0. The summed E-state index contributed by atoms with van der Waals surface area (Å²) < 4.78 is 62.5. The van der Waals surface area contributed by atoms with Gasteiger partial charge < -0.3 is 14.7 Å². The molecule has 0 radical (unpaired) electrons. The number of pyridine rings is 1. The van der Waals surface area contributed by atoms with Crippen LogP contribution in [0.3, 0.4) is 0 Å². The van der Waals surface area contributed by atoms with Gasteiger partial charge in [0.1, 0.15) is 5.56 Å². The molecule has 2 aliphatic carbocycles. The van der Waals surface area contributed by atoms with Gasteiger partial charge in [-0.15, -0.1) is 0 Å². The summed E-state index contributed by atoms with van der Waals surface area (Å²) in [5, 5.41) is 17.7. The van der Waals surface area contributed by atoms with Crippen LogP contribution in [-0.4, -0.2) is 43.0 Å². The fourth-order valence-corrected chi connectivity index (χ4v) is 5.29. The maximum atomic E-state index is 15.5. The van der Waals surface area contributed by atoms with Gasteiger partial charge in [0, 0.05) is 30.3 Å². The van der Waals surface area contributed by atoms with Crippen molar-refractivity contribution < 1.29 is 37.0 Å². The lowest BCUT2D eigenvalue weighted by Gasteiger charge is -2.41. The molecule has 2 aromatic heterocycles. The highest BCUT2D eigenvalue weighted by molar-refractivity contribution is 6.03. The number of amides is 1. The lowest BCUT2D eigenvalue weighted by molar-refractivity contribution is -0.139. The molecule has 0 atom stereocenters. The van der Waals surface area contributed by atoms with Crippen molar-refractivity contribution in [1.29, 1.82) is 0 Å². The summed E-state index contributed by atoms with van der Waals surface area (Å²) in [5.41, 5.74) is -1.72. The Labute approximate surface area is 233 Å². The fourth-order valence-electron chi connectivity index (χ4n) is 5.29. The van der Waals surface area contributed by atoms with Crippen LogP contribution in [0.4, 0.5) is 23.2 Å². The Morgan fingerprint density at radius 3 is 2.34 bits per heavy atom. The Morgan fingerprint density at radius 1 is 1.07 bits per heavy atom. The van der Waals surface area contributed by atoms with Crippen LogP contribution < -0.4 is 9.64 Å². The van der Waals surface area contributed by atoms with Gasteiger partial charge in [0.05, 0.1) is 30.2 Å². The number of ether oxygens (including phenoxy) is 1. The van der Waals surface area contributed by atoms with Crippen LogP contribution in [0.25, 0.3) is 0 Å². The van der Waals surface area contributed by atoms with Crippen molar-refractivity contribution in [2.45, 2.75) is 70.6 Å². The van der Waals surface area contributed by atoms with E-state index in [4.69, 9.17) is 4.74 Å². The molecule has 1 amide bonds. The molecular formula is C28H29F4N5O4. The second-order valence-electron chi connectivity index (χ2n) is 10.7. The second kappa shape index (κ2) is 11.5. The van der Waals surface area contributed by atoms with Crippen molar-refractivity contribution in [3.05, 3.63) is 59.3 Å². The summed E-state index contributed by atoms with van der Waals surface area (Å²) in [4.78, 5) is 32.2. The van der Waals surface area contributed by atoms with Crippen LogP contribution in [0.15, 0.2) is 36.8 Å². The Balaban J connectivity index is 1.49. The monoisotopic (exact) mass is 575 g/mol. The third-order valence-electron chi connectivity index (χ3n) is 7.79. The minimum absolute atomic E-state index is 0.0967. The summed E-state index contributed by atoms with van der Waals surface area (Å²) in [6.07, 6.45) is 4.14. The predicted octanol–water partition coefficient (Wildman–Crippen LogP) is 6.08. The molecule has 41 heavy (non-hydrogen) atoms. The van der Waals surface area contributed by atoms with Crippen molar-refractivity contribution in [1.82, 2.24) is 20.0 Å². The van der Waals surface area contributed by atoms with Gasteiger partial charge in [-0.3, -0.25) is 4.79 Å². The first-order valence-electron chi connectivity index (χ1n) is 13.5. The van der Waals surface area contributed by atoms with E-state index in [9.17, 15) is 27.9 Å². The molecule has 2 heterocycles. The van der Waals surface area contributed by atoms with Gasteiger partial charge in [0.25, 0.3) is 0 Å². The number of nitrogens with zero attached hydrogens (tertiary/aromatic N) is 5. The zero-order chi connectivity index (χ0) is 29.3. The van der Waals surface area contributed by atoms with Crippen LogP contribution in [0.5, 0.6) is 11.6 Å². The van der Waals surface area contributed by atoms with E-state index in [2.05, 4.69) is 22.1 Å². The van der Waals surface area contributed by atoms with Gasteiger partial charge in [0.15, 0.2) is 11.6 Å². The van der Waals surface area contributed by atoms with E-state index in [1.165, 1.54) is 17.3 Å². The van der Waals surface area contributed by atoms with E-state index < -0.39 is 40.7 Å². The number of benzene rings is 1. The van der Waals surface area contributed by atoms with Crippen molar-refractivity contribution in [2.24, 2.45) is 11.8 Å². The smallest absolute Gasteiger partial charge is 0.421 e. The van der Waals surface area contributed by atoms with Crippen molar-refractivity contribution in [3.8, 4) is 11.6 Å². The Morgan fingerprint density at radius 2 is 1.76 bits per heavy atom. The number of aromatic nitrogens is 4. The highest BCUT2D eigenvalue weighted by Crippen LogP contribution is 2.41. The van der Waals surface area contributed by atoms with Crippen LogP contribution in [0.1, 0.15) is 73.4 Å². The van der Waals surface area contributed by atoms with E-state index in [1.54, 1.807) is 0 Å². The molecule has 5 rings (SSSR count).